The van der Waals surface area contributed by atoms with Crippen molar-refractivity contribution in [2.24, 2.45) is 4.99 Å². The topological polar surface area (TPSA) is 17.3 Å². The molecule has 2 aromatic rings. The smallest absolute Gasteiger partial charge is 0.0626 e. The zero-order chi connectivity index (χ0) is 13.0. The van der Waals surface area contributed by atoms with Gasteiger partial charge in [0.25, 0.3) is 0 Å². The number of nitrogens with zero attached hydrogens (tertiary/aromatic N) is 2. The summed E-state index contributed by atoms with van der Waals surface area (Å²) in [5.74, 6) is 0.616. The maximum atomic E-state index is 4.59. The molecule has 0 radical (unpaired) electrons. The second-order valence-corrected chi connectivity index (χ2v) is 5.71. The van der Waals surface area contributed by atoms with Gasteiger partial charge in [0.15, 0.2) is 0 Å². The molecule has 1 aliphatic heterocycles. The van der Waals surface area contributed by atoms with Gasteiger partial charge in [-0.2, -0.15) is 0 Å². The molecule has 0 fully saturated rings. The summed E-state index contributed by atoms with van der Waals surface area (Å²) in [7, 11) is 0. The SMILES string of the molecule is CC1=NCCn2c1cc1c2-c2ccccc2C(C)C1. The molecule has 1 atom stereocenters. The number of aliphatic imine (C=N–C) groups is 1. The quantitative estimate of drug-likeness (QED) is 0.679. The zero-order valence-corrected chi connectivity index (χ0v) is 11.5. The molecule has 1 aliphatic carbocycles. The molecule has 96 valence electrons. The molecule has 19 heavy (non-hydrogen) atoms. The maximum absolute atomic E-state index is 4.59. The standard InChI is InChI=1S/C17H18N2/c1-11-9-13-10-16-12(2)18-7-8-19(16)17(13)15-6-4-3-5-14(11)15/h3-6,10-11H,7-9H2,1-2H3. The molecular weight excluding hydrogens is 232 g/mol. The number of hydrogen-bond donors (Lipinski definition) is 0. The Balaban J connectivity index is 2.02. The van der Waals surface area contributed by atoms with Crippen LogP contribution in [0.1, 0.15) is 36.6 Å². The summed E-state index contributed by atoms with van der Waals surface area (Å²) in [6, 6.07) is 11.2. The Morgan fingerprint density at radius 2 is 2.11 bits per heavy atom. The third-order valence-electron chi connectivity index (χ3n) is 4.49. The monoisotopic (exact) mass is 250 g/mol. The van der Waals surface area contributed by atoms with E-state index in [4.69, 9.17) is 0 Å². The zero-order valence-electron chi connectivity index (χ0n) is 11.5. The molecule has 2 heterocycles. The van der Waals surface area contributed by atoms with Gasteiger partial charge < -0.3 is 4.57 Å². The normalized spacial score (nSPS) is 20.3. The predicted octanol–water partition coefficient (Wildman–Crippen LogP) is 3.64. The fourth-order valence-corrected chi connectivity index (χ4v) is 3.59. The lowest BCUT2D eigenvalue weighted by Gasteiger charge is -2.25. The van der Waals surface area contributed by atoms with Gasteiger partial charge in [-0.1, -0.05) is 31.2 Å². The van der Waals surface area contributed by atoms with Crippen LogP contribution in [0.15, 0.2) is 35.3 Å². The van der Waals surface area contributed by atoms with Crippen LogP contribution < -0.4 is 0 Å². The van der Waals surface area contributed by atoms with Crippen molar-refractivity contribution in [3.63, 3.8) is 0 Å². The molecule has 0 spiro atoms. The Morgan fingerprint density at radius 1 is 1.26 bits per heavy atom. The van der Waals surface area contributed by atoms with Crippen molar-refractivity contribution in [2.45, 2.75) is 32.7 Å². The first-order valence-corrected chi connectivity index (χ1v) is 7.09. The fraction of sp³-hybridized carbons (Fsp3) is 0.353. The van der Waals surface area contributed by atoms with E-state index < -0.39 is 0 Å². The molecule has 2 aliphatic rings. The molecule has 0 saturated carbocycles. The van der Waals surface area contributed by atoms with E-state index in [9.17, 15) is 0 Å². The lowest BCUT2D eigenvalue weighted by molar-refractivity contribution is 0.681. The van der Waals surface area contributed by atoms with Crippen LogP contribution in [0.3, 0.4) is 0 Å². The van der Waals surface area contributed by atoms with E-state index in [0.717, 1.165) is 19.5 Å². The average Bonchev–Trinajstić information content (AvgIpc) is 2.79. The van der Waals surface area contributed by atoms with E-state index in [-0.39, 0.29) is 0 Å². The van der Waals surface area contributed by atoms with Gasteiger partial charge in [-0.25, -0.2) is 0 Å². The fourth-order valence-electron chi connectivity index (χ4n) is 3.59. The van der Waals surface area contributed by atoms with E-state index >= 15 is 0 Å². The highest BCUT2D eigenvalue weighted by Gasteiger charge is 2.27. The van der Waals surface area contributed by atoms with Crippen molar-refractivity contribution < 1.29 is 0 Å². The van der Waals surface area contributed by atoms with E-state index in [0.29, 0.717) is 5.92 Å². The average molecular weight is 250 g/mol. The number of fused-ring (bicyclic) bond motifs is 5. The summed E-state index contributed by atoms with van der Waals surface area (Å²) in [6.07, 6.45) is 1.15. The molecule has 0 saturated heterocycles. The predicted molar refractivity (Wildman–Crippen MR) is 79.1 cm³/mol. The molecule has 1 aromatic heterocycles. The van der Waals surface area contributed by atoms with Gasteiger partial charge in [0.2, 0.25) is 0 Å². The van der Waals surface area contributed by atoms with Gasteiger partial charge in [0.05, 0.1) is 23.6 Å². The van der Waals surface area contributed by atoms with Crippen LogP contribution in [0.4, 0.5) is 0 Å². The number of hydrogen-bond acceptors (Lipinski definition) is 1. The Labute approximate surface area is 113 Å². The highest BCUT2D eigenvalue weighted by atomic mass is 15.1. The first kappa shape index (κ1) is 11.0. The van der Waals surface area contributed by atoms with Crippen molar-refractivity contribution in [3.8, 4) is 11.3 Å². The van der Waals surface area contributed by atoms with Crippen LogP contribution in [0.5, 0.6) is 0 Å². The van der Waals surface area contributed by atoms with E-state index in [1.165, 1.54) is 33.8 Å². The second kappa shape index (κ2) is 3.83. The van der Waals surface area contributed by atoms with Gasteiger partial charge in [-0.3, -0.25) is 4.99 Å². The Kier molecular flexibility index (Phi) is 2.22. The maximum Gasteiger partial charge on any atom is 0.0626 e. The summed E-state index contributed by atoms with van der Waals surface area (Å²) in [5.41, 5.74) is 8.37. The van der Waals surface area contributed by atoms with Crippen LogP contribution in [0.25, 0.3) is 11.3 Å². The first-order valence-electron chi connectivity index (χ1n) is 7.09. The molecule has 4 rings (SSSR count). The third kappa shape index (κ3) is 1.46. The summed E-state index contributed by atoms with van der Waals surface area (Å²) in [5, 5.41) is 0. The highest BCUT2D eigenvalue weighted by Crippen LogP contribution is 2.41. The molecular formula is C17H18N2. The van der Waals surface area contributed by atoms with Gasteiger partial charge >= 0.3 is 0 Å². The number of rotatable bonds is 0. The largest absolute Gasteiger partial charge is 0.337 e. The second-order valence-electron chi connectivity index (χ2n) is 5.71. The number of benzene rings is 1. The van der Waals surface area contributed by atoms with Crippen molar-refractivity contribution >= 4 is 5.71 Å². The van der Waals surface area contributed by atoms with Crippen LogP contribution in [0.2, 0.25) is 0 Å². The van der Waals surface area contributed by atoms with E-state index in [1.54, 1.807) is 0 Å². The Bertz CT molecular complexity index is 691. The summed E-state index contributed by atoms with van der Waals surface area (Å²) >= 11 is 0. The Morgan fingerprint density at radius 3 is 3.00 bits per heavy atom. The van der Waals surface area contributed by atoms with E-state index in [2.05, 4.69) is 53.7 Å². The highest BCUT2D eigenvalue weighted by molar-refractivity contribution is 5.99. The van der Waals surface area contributed by atoms with Crippen molar-refractivity contribution in [1.29, 1.82) is 0 Å². The summed E-state index contributed by atoms with van der Waals surface area (Å²) in [4.78, 5) is 4.59. The molecule has 2 heteroatoms. The minimum atomic E-state index is 0.616. The molecule has 0 bridgehead atoms. The molecule has 0 amide bonds. The molecule has 1 unspecified atom stereocenters. The number of aromatic nitrogens is 1. The van der Waals surface area contributed by atoms with E-state index in [1.807, 2.05) is 0 Å². The first-order chi connectivity index (χ1) is 9.25. The van der Waals surface area contributed by atoms with Gasteiger partial charge in [-0.15, -0.1) is 0 Å². The van der Waals surface area contributed by atoms with Gasteiger partial charge in [-0.05, 0) is 36.5 Å². The summed E-state index contributed by atoms with van der Waals surface area (Å²) in [6.45, 7) is 6.40. The molecule has 2 nitrogen and oxygen atoms in total. The summed E-state index contributed by atoms with van der Waals surface area (Å²) < 4.78 is 2.47. The lowest BCUT2D eigenvalue weighted by atomic mass is 9.83. The third-order valence-corrected chi connectivity index (χ3v) is 4.49. The minimum absolute atomic E-state index is 0.616. The molecule has 1 aromatic carbocycles. The molecule has 0 N–H and O–H groups in total. The van der Waals surface area contributed by atoms with Crippen LogP contribution in [-0.4, -0.2) is 16.8 Å². The van der Waals surface area contributed by atoms with Gasteiger partial charge in [0.1, 0.15) is 0 Å². The van der Waals surface area contributed by atoms with Crippen molar-refractivity contribution in [3.05, 3.63) is 47.2 Å². The lowest BCUT2D eigenvalue weighted by Crippen LogP contribution is -2.18. The van der Waals surface area contributed by atoms with Crippen LogP contribution >= 0.6 is 0 Å². The van der Waals surface area contributed by atoms with Crippen molar-refractivity contribution in [1.82, 2.24) is 4.57 Å². The van der Waals surface area contributed by atoms with Gasteiger partial charge in [0, 0.05) is 12.1 Å². The minimum Gasteiger partial charge on any atom is -0.337 e. The van der Waals surface area contributed by atoms with Crippen LogP contribution in [0, 0.1) is 0 Å². The van der Waals surface area contributed by atoms with Crippen molar-refractivity contribution in [2.75, 3.05) is 6.54 Å². The van der Waals surface area contributed by atoms with Crippen LogP contribution in [-0.2, 0) is 13.0 Å². The Hall–Kier alpha value is -1.83.